The summed E-state index contributed by atoms with van der Waals surface area (Å²) in [7, 11) is 0.818. The molecule has 1 atom stereocenters. The van der Waals surface area contributed by atoms with E-state index in [0.29, 0.717) is 26.1 Å². The molecule has 7 heteroatoms. The minimum absolute atomic E-state index is 0.0121. The molecular weight excluding hydrogens is 314 g/mol. The van der Waals surface area contributed by atoms with Crippen LogP contribution >= 0.6 is 0 Å². The second kappa shape index (κ2) is 8.44. The van der Waals surface area contributed by atoms with Crippen LogP contribution in [0.2, 0.25) is 0 Å². The maximum absolute atomic E-state index is 12.4. The minimum Gasteiger partial charge on any atom is -0.355 e. The van der Waals surface area contributed by atoms with Crippen molar-refractivity contribution in [1.29, 1.82) is 0 Å². The standard InChI is InChI=1S/C16H33N3O3S/c1-6-10-23(21,22)19-9-7-8-14(11-19)15(20)17-12-16(2,3)13-18(4)5/h14H,6-13H2,1-5H3,(H,17,20)/t14-/m1/s1. The molecule has 0 bridgehead atoms. The first kappa shape index (κ1) is 20.4. The molecule has 1 heterocycles. The van der Waals surface area contributed by atoms with Gasteiger partial charge in [-0.2, -0.15) is 0 Å². The third kappa shape index (κ3) is 6.77. The van der Waals surface area contributed by atoms with Gasteiger partial charge in [0.05, 0.1) is 11.7 Å². The van der Waals surface area contributed by atoms with Crippen molar-refractivity contribution in [3.63, 3.8) is 0 Å². The minimum atomic E-state index is -3.21. The molecule has 6 nitrogen and oxygen atoms in total. The second-order valence-electron chi connectivity index (χ2n) is 7.63. The van der Waals surface area contributed by atoms with Crippen LogP contribution in [0.4, 0.5) is 0 Å². The zero-order valence-corrected chi connectivity index (χ0v) is 16.1. The summed E-state index contributed by atoms with van der Waals surface area (Å²) in [6, 6.07) is 0. The van der Waals surface area contributed by atoms with Crippen LogP contribution in [-0.2, 0) is 14.8 Å². The monoisotopic (exact) mass is 347 g/mol. The number of hydrogen-bond donors (Lipinski definition) is 1. The number of piperidine rings is 1. The fourth-order valence-electron chi connectivity index (χ4n) is 3.18. The summed E-state index contributed by atoms with van der Waals surface area (Å²) in [6.07, 6.45) is 2.12. The van der Waals surface area contributed by atoms with E-state index in [2.05, 4.69) is 24.1 Å². The Labute approximate surface area is 141 Å². The lowest BCUT2D eigenvalue weighted by Crippen LogP contribution is -2.48. The molecule has 1 amide bonds. The van der Waals surface area contributed by atoms with E-state index < -0.39 is 10.0 Å². The van der Waals surface area contributed by atoms with Crippen molar-refractivity contribution in [2.24, 2.45) is 11.3 Å². The number of sulfonamides is 1. The van der Waals surface area contributed by atoms with Gasteiger partial charge in [-0.1, -0.05) is 20.8 Å². The third-order valence-corrected chi connectivity index (χ3v) is 6.14. The molecule has 0 aromatic carbocycles. The smallest absolute Gasteiger partial charge is 0.224 e. The zero-order valence-electron chi connectivity index (χ0n) is 15.3. The number of nitrogens with zero attached hydrogens (tertiary/aromatic N) is 2. The van der Waals surface area contributed by atoms with Crippen LogP contribution in [0.15, 0.2) is 0 Å². The Bertz CT molecular complexity index is 489. The van der Waals surface area contributed by atoms with E-state index in [1.165, 1.54) is 4.31 Å². The van der Waals surface area contributed by atoms with Gasteiger partial charge in [-0.25, -0.2) is 12.7 Å². The largest absolute Gasteiger partial charge is 0.355 e. The van der Waals surface area contributed by atoms with Crippen molar-refractivity contribution in [3.05, 3.63) is 0 Å². The lowest BCUT2D eigenvalue weighted by molar-refractivity contribution is -0.126. The highest BCUT2D eigenvalue weighted by Crippen LogP contribution is 2.21. The van der Waals surface area contributed by atoms with Gasteiger partial charge in [0.2, 0.25) is 15.9 Å². The maximum Gasteiger partial charge on any atom is 0.224 e. The Morgan fingerprint density at radius 1 is 1.35 bits per heavy atom. The number of hydrogen-bond acceptors (Lipinski definition) is 4. The maximum atomic E-state index is 12.4. The molecule has 136 valence electrons. The Hall–Kier alpha value is -0.660. The average Bonchev–Trinajstić information content (AvgIpc) is 2.43. The molecule has 0 saturated carbocycles. The van der Waals surface area contributed by atoms with Crippen LogP contribution < -0.4 is 5.32 Å². The van der Waals surface area contributed by atoms with Gasteiger partial charge in [0.25, 0.3) is 0 Å². The van der Waals surface area contributed by atoms with Crippen LogP contribution in [0.3, 0.4) is 0 Å². The molecular formula is C16H33N3O3S. The Morgan fingerprint density at radius 2 is 2.00 bits per heavy atom. The van der Waals surface area contributed by atoms with E-state index in [9.17, 15) is 13.2 Å². The summed E-state index contributed by atoms with van der Waals surface area (Å²) < 4.78 is 25.9. The fourth-order valence-corrected chi connectivity index (χ4v) is 4.77. The van der Waals surface area contributed by atoms with Gasteiger partial charge in [-0.05, 0) is 38.8 Å². The van der Waals surface area contributed by atoms with Crippen molar-refractivity contribution >= 4 is 15.9 Å². The molecule has 1 rings (SSSR count). The van der Waals surface area contributed by atoms with Gasteiger partial charge in [0.15, 0.2) is 0 Å². The van der Waals surface area contributed by atoms with Crippen molar-refractivity contribution in [2.45, 2.75) is 40.0 Å². The van der Waals surface area contributed by atoms with Crippen molar-refractivity contribution in [2.75, 3.05) is 46.0 Å². The Kier molecular flexibility index (Phi) is 7.48. The molecule has 1 N–H and O–H groups in total. The van der Waals surface area contributed by atoms with Gasteiger partial charge < -0.3 is 10.2 Å². The highest BCUT2D eigenvalue weighted by Gasteiger charge is 2.32. The SMILES string of the molecule is CCCS(=O)(=O)N1CCC[C@@H](C(=O)NCC(C)(C)CN(C)C)C1. The first-order chi connectivity index (χ1) is 10.6. The predicted molar refractivity (Wildman–Crippen MR) is 93.7 cm³/mol. The number of carbonyl (C=O) groups is 1. The molecule has 0 aromatic rings. The van der Waals surface area contributed by atoms with Gasteiger partial charge in [0.1, 0.15) is 0 Å². The number of amides is 1. The normalized spacial score (nSPS) is 20.7. The highest BCUT2D eigenvalue weighted by atomic mass is 32.2. The van der Waals surface area contributed by atoms with E-state index in [0.717, 1.165) is 19.4 Å². The average molecular weight is 348 g/mol. The van der Waals surface area contributed by atoms with Crippen LogP contribution in [0.5, 0.6) is 0 Å². The van der Waals surface area contributed by atoms with Crippen LogP contribution in [0.1, 0.15) is 40.0 Å². The third-order valence-electron chi connectivity index (χ3n) is 4.10. The molecule has 0 unspecified atom stereocenters. The van der Waals surface area contributed by atoms with Crippen LogP contribution in [0.25, 0.3) is 0 Å². The fraction of sp³-hybridized carbons (Fsp3) is 0.938. The lowest BCUT2D eigenvalue weighted by atomic mass is 9.92. The van der Waals surface area contributed by atoms with E-state index >= 15 is 0 Å². The first-order valence-corrected chi connectivity index (χ1v) is 10.1. The topological polar surface area (TPSA) is 69.7 Å². The summed E-state index contributed by atoms with van der Waals surface area (Å²) in [6.45, 7) is 8.44. The predicted octanol–water partition coefficient (Wildman–Crippen LogP) is 1.14. The number of rotatable bonds is 8. The second-order valence-corrected chi connectivity index (χ2v) is 9.72. The molecule has 0 spiro atoms. The van der Waals surface area contributed by atoms with E-state index in [1.807, 2.05) is 21.0 Å². The molecule has 1 aliphatic heterocycles. The molecule has 1 aliphatic rings. The number of nitrogens with one attached hydrogen (secondary N) is 1. The van der Waals surface area contributed by atoms with Crippen molar-refractivity contribution in [3.8, 4) is 0 Å². The summed E-state index contributed by atoms with van der Waals surface area (Å²) in [5, 5.41) is 3.01. The zero-order chi connectivity index (χ0) is 17.7. The Morgan fingerprint density at radius 3 is 2.57 bits per heavy atom. The summed E-state index contributed by atoms with van der Waals surface area (Å²) in [4.78, 5) is 14.5. The Balaban J connectivity index is 2.57. The van der Waals surface area contributed by atoms with Gasteiger partial charge in [-0.3, -0.25) is 4.79 Å². The van der Waals surface area contributed by atoms with Gasteiger partial charge in [0, 0.05) is 26.2 Å². The van der Waals surface area contributed by atoms with Crippen LogP contribution in [-0.4, -0.2) is 69.6 Å². The van der Waals surface area contributed by atoms with Gasteiger partial charge >= 0.3 is 0 Å². The molecule has 0 aromatic heterocycles. The molecule has 0 radical (unpaired) electrons. The summed E-state index contributed by atoms with van der Waals surface area (Å²) >= 11 is 0. The highest BCUT2D eigenvalue weighted by molar-refractivity contribution is 7.89. The number of carbonyl (C=O) groups excluding carboxylic acids is 1. The van der Waals surface area contributed by atoms with E-state index in [1.54, 1.807) is 0 Å². The van der Waals surface area contributed by atoms with E-state index in [4.69, 9.17) is 0 Å². The van der Waals surface area contributed by atoms with Gasteiger partial charge in [-0.15, -0.1) is 0 Å². The quantitative estimate of drug-likeness (QED) is 0.715. The van der Waals surface area contributed by atoms with Crippen molar-refractivity contribution in [1.82, 2.24) is 14.5 Å². The summed E-state index contributed by atoms with van der Waals surface area (Å²) in [5.41, 5.74) is -0.0121. The lowest BCUT2D eigenvalue weighted by Gasteiger charge is -2.33. The molecule has 23 heavy (non-hydrogen) atoms. The van der Waals surface area contributed by atoms with E-state index in [-0.39, 0.29) is 23.0 Å². The van der Waals surface area contributed by atoms with Crippen molar-refractivity contribution < 1.29 is 13.2 Å². The molecule has 1 fully saturated rings. The first-order valence-electron chi connectivity index (χ1n) is 8.47. The molecule has 1 saturated heterocycles. The summed E-state index contributed by atoms with van der Waals surface area (Å²) in [5.74, 6) is -0.0872. The van der Waals surface area contributed by atoms with Crippen LogP contribution in [0, 0.1) is 11.3 Å². The molecule has 0 aliphatic carbocycles.